The van der Waals surface area contributed by atoms with Gasteiger partial charge in [0.15, 0.2) is 0 Å². The lowest BCUT2D eigenvalue weighted by atomic mass is 10.3. The highest BCUT2D eigenvalue weighted by molar-refractivity contribution is 5.47. The Morgan fingerprint density at radius 1 is 1.40 bits per heavy atom. The van der Waals surface area contributed by atoms with Crippen molar-refractivity contribution in [1.29, 1.82) is 0 Å². The van der Waals surface area contributed by atoms with Gasteiger partial charge >= 0.3 is 5.69 Å². The van der Waals surface area contributed by atoms with Gasteiger partial charge < -0.3 is 16.2 Å². The first-order valence-electron chi connectivity index (χ1n) is 5.53. The van der Waals surface area contributed by atoms with E-state index in [1.807, 2.05) is 0 Å². The van der Waals surface area contributed by atoms with Crippen molar-refractivity contribution in [3.8, 4) is 0 Å². The minimum absolute atomic E-state index is 0.00981. The molecule has 0 heterocycles. The number of halogens is 1. The van der Waals surface area contributed by atoms with Crippen molar-refractivity contribution in [2.24, 2.45) is 16.6 Å². The fourth-order valence-electron chi connectivity index (χ4n) is 1.02. The predicted octanol–water partition coefficient (Wildman–Crippen LogP) is 1.60. The van der Waals surface area contributed by atoms with Gasteiger partial charge in [-0.1, -0.05) is 5.11 Å². The zero-order valence-corrected chi connectivity index (χ0v) is 10.6. The Kier molecular flexibility index (Phi) is 9.44. The number of nitrogens with two attached hydrogens (primary N) is 2. The Morgan fingerprint density at radius 2 is 2.00 bits per heavy atom. The highest BCUT2D eigenvalue weighted by Gasteiger charge is 2.13. The molecular formula is C10H15FN6O3. The first-order chi connectivity index (χ1) is 9.56. The molecule has 0 aliphatic heterocycles. The lowest BCUT2D eigenvalue weighted by molar-refractivity contribution is -0.387. The number of azide groups is 1. The van der Waals surface area contributed by atoms with Crippen molar-refractivity contribution >= 4 is 11.4 Å². The van der Waals surface area contributed by atoms with Gasteiger partial charge in [0.25, 0.3) is 0 Å². The van der Waals surface area contributed by atoms with Crippen LogP contribution in [0.15, 0.2) is 23.3 Å². The van der Waals surface area contributed by atoms with Crippen LogP contribution in [0.2, 0.25) is 0 Å². The molecule has 1 aromatic carbocycles. The molecule has 4 N–H and O–H groups in total. The summed E-state index contributed by atoms with van der Waals surface area (Å²) in [6.07, 6.45) is 0. The summed E-state index contributed by atoms with van der Waals surface area (Å²) in [6, 6.07) is 2.90. The summed E-state index contributed by atoms with van der Waals surface area (Å²) in [4.78, 5) is 11.7. The minimum atomic E-state index is -0.957. The van der Waals surface area contributed by atoms with E-state index in [4.69, 9.17) is 21.7 Å². The van der Waals surface area contributed by atoms with Crippen LogP contribution in [0.1, 0.15) is 0 Å². The number of nitro benzene ring substituents is 1. The number of hydrogen-bond acceptors (Lipinski definition) is 6. The summed E-state index contributed by atoms with van der Waals surface area (Å²) < 4.78 is 17.6. The molecule has 0 saturated heterocycles. The number of nitrogens with zero attached hydrogens (tertiary/aromatic N) is 4. The lowest BCUT2D eigenvalue weighted by Gasteiger charge is -1.95. The van der Waals surface area contributed by atoms with E-state index in [0.29, 0.717) is 26.3 Å². The van der Waals surface area contributed by atoms with Crippen LogP contribution in [0.5, 0.6) is 0 Å². The molecule has 1 rings (SSSR count). The van der Waals surface area contributed by atoms with Crippen LogP contribution in [0.4, 0.5) is 15.8 Å². The smallest absolute Gasteiger partial charge is 0.305 e. The SMILES string of the molecule is NCCOCCN.[N-]=[N+]=Nc1ccc(F)c([N+](=O)[O-])c1. The number of ether oxygens (including phenoxy) is 1. The minimum Gasteiger partial charge on any atom is -0.379 e. The maximum absolute atomic E-state index is 12.7. The molecule has 0 saturated carbocycles. The molecule has 20 heavy (non-hydrogen) atoms. The Morgan fingerprint density at radius 3 is 2.45 bits per heavy atom. The predicted molar refractivity (Wildman–Crippen MR) is 70.8 cm³/mol. The van der Waals surface area contributed by atoms with Gasteiger partial charge in [0.1, 0.15) is 0 Å². The molecular weight excluding hydrogens is 271 g/mol. The maximum Gasteiger partial charge on any atom is 0.305 e. The quantitative estimate of drug-likeness (QED) is 0.203. The van der Waals surface area contributed by atoms with Crippen molar-refractivity contribution in [3.63, 3.8) is 0 Å². The second kappa shape index (κ2) is 10.6. The largest absolute Gasteiger partial charge is 0.379 e. The van der Waals surface area contributed by atoms with Crippen LogP contribution in [0, 0.1) is 15.9 Å². The second-order valence-corrected chi connectivity index (χ2v) is 3.27. The molecule has 0 aliphatic rings. The van der Waals surface area contributed by atoms with Crippen molar-refractivity contribution in [1.82, 2.24) is 0 Å². The van der Waals surface area contributed by atoms with E-state index in [1.165, 1.54) is 0 Å². The van der Waals surface area contributed by atoms with Gasteiger partial charge in [-0.05, 0) is 17.7 Å². The van der Waals surface area contributed by atoms with Gasteiger partial charge in [0.2, 0.25) is 5.82 Å². The molecule has 0 fully saturated rings. The average molecular weight is 286 g/mol. The number of benzene rings is 1. The van der Waals surface area contributed by atoms with Crippen LogP contribution in [0.3, 0.4) is 0 Å². The zero-order chi connectivity index (χ0) is 15.4. The highest BCUT2D eigenvalue weighted by atomic mass is 19.1. The van der Waals surface area contributed by atoms with Crippen molar-refractivity contribution in [3.05, 3.63) is 44.6 Å². The van der Waals surface area contributed by atoms with Gasteiger partial charge in [0, 0.05) is 29.8 Å². The fraction of sp³-hybridized carbons (Fsp3) is 0.400. The monoisotopic (exact) mass is 286 g/mol. The first kappa shape index (κ1) is 17.7. The van der Waals surface area contributed by atoms with Gasteiger partial charge in [-0.15, -0.1) is 0 Å². The third kappa shape index (κ3) is 7.24. The number of nitro groups is 1. The molecule has 0 radical (unpaired) electrons. The maximum atomic E-state index is 12.7. The van der Waals surface area contributed by atoms with E-state index < -0.39 is 16.4 Å². The summed E-state index contributed by atoms with van der Waals surface area (Å²) in [5.41, 5.74) is 17.5. The van der Waals surface area contributed by atoms with Gasteiger partial charge in [-0.3, -0.25) is 10.1 Å². The standard InChI is InChI=1S/C6H3FN4O2.C4H12N2O/c7-5-2-1-4(9-10-8)3-6(5)11(12)13;5-1-3-7-4-2-6/h1-3H;1-6H2. The van der Waals surface area contributed by atoms with Crippen LogP contribution >= 0.6 is 0 Å². The Labute approximate surface area is 114 Å². The van der Waals surface area contributed by atoms with Crippen LogP contribution in [-0.4, -0.2) is 31.2 Å². The van der Waals surface area contributed by atoms with Crippen LogP contribution in [0.25, 0.3) is 10.4 Å². The van der Waals surface area contributed by atoms with Crippen molar-refractivity contribution in [2.75, 3.05) is 26.3 Å². The lowest BCUT2D eigenvalue weighted by Crippen LogP contribution is -2.13. The van der Waals surface area contributed by atoms with E-state index in [9.17, 15) is 14.5 Å². The summed E-state index contributed by atoms with van der Waals surface area (Å²) in [6.45, 7) is 2.41. The summed E-state index contributed by atoms with van der Waals surface area (Å²) in [5, 5.41) is 13.3. The average Bonchev–Trinajstić information content (AvgIpc) is 2.42. The normalized spacial score (nSPS) is 9.15. The van der Waals surface area contributed by atoms with E-state index in [-0.39, 0.29) is 5.69 Å². The molecule has 9 nitrogen and oxygen atoms in total. The van der Waals surface area contributed by atoms with Gasteiger partial charge in [0.05, 0.1) is 18.1 Å². The van der Waals surface area contributed by atoms with E-state index in [0.717, 1.165) is 18.2 Å². The third-order valence-corrected chi connectivity index (χ3v) is 1.81. The molecule has 0 aromatic heterocycles. The van der Waals surface area contributed by atoms with E-state index in [2.05, 4.69) is 10.0 Å². The number of rotatable bonds is 6. The van der Waals surface area contributed by atoms with Gasteiger partial charge in [-0.2, -0.15) is 4.39 Å². The summed E-state index contributed by atoms with van der Waals surface area (Å²) in [5.74, 6) is -0.957. The molecule has 0 unspecified atom stereocenters. The van der Waals surface area contributed by atoms with Crippen molar-refractivity contribution < 1.29 is 14.1 Å². The molecule has 0 amide bonds. The fourth-order valence-corrected chi connectivity index (χ4v) is 1.02. The highest BCUT2D eigenvalue weighted by Crippen LogP contribution is 2.23. The first-order valence-corrected chi connectivity index (χ1v) is 5.53. The Balaban J connectivity index is 0.000000441. The topological polar surface area (TPSA) is 153 Å². The molecule has 0 aliphatic carbocycles. The molecule has 0 spiro atoms. The summed E-state index contributed by atoms with van der Waals surface area (Å²) >= 11 is 0. The Hall–Kier alpha value is -2.26. The molecule has 0 bridgehead atoms. The molecule has 10 heteroatoms. The summed E-state index contributed by atoms with van der Waals surface area (Å²) in [7, 11) is 0. The van der Waals surface area contributed by atoms with Gasteiger partial charge in [-0.25, -0.2) is 0 Å². The molecule has 1 aromatic rings. The molecule has 110 valence electrons. The van der Waals surface area contributed by atoms with E-state index in [1.54, 1.807) is 0 Å². The van der Waals surface area contributed by atoms with Crippen molar-refractivity contribution in [2.45, 2.75) is 0 Å². The third-order valence-electron chi connectivity index (χ3n) is 1.81. The number of hydrogen-bond donors (Lipinski definition) is 2. The second-order valence-electron chi connectivity index (χ2n) is 3.27. The Bertz CT molecular complexity index is 474. The van der Waals surface area contributed by atoms with Crippen LogP contribution in [-0.2, 0) is 4.74 Å². The zero-order valence-electron chi connectivity index (χ0n) is 10.6. The molecule has 0 atom stereocenters. The van der Waals surface area contributed by atoms with E-state index >= 15 is 0 Å². The van der Waals surface area contributed by atoms with Crippen LogP contribution < -0.4 is 11.5 Å².